The Balaban J connectivity index is 1.84. The molecular formula is C13H21N3O2S. The molecule has 6 heteroatoms. The van der Waals surface area contributed by atoms with Gasteiger partial charge in [-0.05, 0) is 46.7 Å². The van der Waals surface area contributed by atoms with Crippen LogP contribution < -0.4 is 5.32 Å². The van der Waals surface area contributed by atoms with Crippen LogP contribution >= 0.6 is 11.3 Å². The molecular weight excluding hydrogens is 262 g/mol. The monoisotopic (exact) mass is 283 g/mol. The number of aromatic nitrogens is 1. The molecule has 1 fully saturated rings. The first-order valence-electron chi connectivity index (χ1n) is 6.59. The third kappa shape index (κ3) is 4.80. The van der Waals surface area contributed by atoms with Crippen molar-refractivity contribution in [2.75, 3.05) is 18.4 Å². The summed E-state index contributed by atoms with van der Waals surface area (Å²) in [7, 11) is 0. The molecule has 19 heavy (non-hydrogen) atoms. The number of hydrogen-bond donors (Lipinski definition) is 1. The zero-order chi connectivity index (χ0) is 13.9. The third-order valence-corrected chi connectivity index (χ3v) is 3.64. The van der Waals surface area contributed by atoms with E-state index in [1.54, 1.807) is 0 Å². The lowest BCUT2D eigenvalue weighted by Crippen LogP contribution is -2.27. The van der Waals surface area contributed by atoms with E-state index in [1.165, 1.54) is 29.1 Å². The van der Waals surface area contributed by atoms with E-state index in [2.05, 4.69) is 15.2 Å². The summed E-state index contributed by atoms with van der Waals surface area (Å²) in [6, 6.07) is 0. The molecule has 0 radical (unpaired) electrons. The summed E-state index contributed by atoms with van der Waals surface area (Å²) in [6.45, 7) is 8.76. The zero-order valence-corrected chi connectivity index (χ0v) is 12.5. The van der Waals surface area contributed by atoms with Gasteiger partial charge in [0.25, 0.3) is 0 Å². The molecule has 5 nitrogen and oxygen atoms in total. The molecule has 0 aliphatic carbocycles. The number of anilines is 1. The summed E-state index contributed by atoms with van der Waals surface area (Å²) in [5.74, 6) is 0. The molecule has 0 saturated carbocycles. The summed E-state index contributed by atoms with van der Waals surface area (Å²) in [4.78, 5) is 19.4. The van der Waals surface area contributed by atoms with Gasteiger partial charge in [0.2, 0.25) is 0 Å². The minimum atomic E-state index is -0.486. The minimum absolute atomic E-state index is 0.449. The van der Waals surface area contributed by atoms with Crippen molar-refractivity contribution < 1.29 is 9.53 Å². The largest absolute Gasteiger partial charge is 0.444 e. The van der Waals surface area contributed by atoms with Gasteiger partial charge in [0.05, 0.1) is 0 Å². The van der Waals surface area contributed by atoms with E-state index >= 15 is 0 Å². The number of carbonyl (C=O) groups is 1. The lowest BCUT2D eigenvalue weighted by molar-refractivity contribution is 0.0636. The Morgan fingerprint density at radius 3 is 2.79 bits per heavy atom. The van der Waals surface area contributed by atoms with Crippen LogP contribution in [0.4, 0.5) is 9.93 Å². The van der Waals surface area contributed by atoms with Crippen LogP contribution in [0, 0.1) is 0 Å². The van der Waals surface area contributed by atoms with Crippen LogP contribution in [0.1, 0.15) is 38.5 Å². The Labute approximate surface area is 118 Å². The number of nitrogens with one attached hydrogen (secondary N) is 1. The second kappa shape index (κ2) is 5.88. The van der Waals surface area contributed by atoms with Gasteiger partial charge in [-0.2, -0.15) is 0 Å². The summed E-state index contributed by atoms with van der Waals surface area (Å²) in [6.07, 6.45) is 3.94. The molecule has 0 aromatic carbocycles. The average Bonchev–Trinajstić information content (AvgIpc) is 2.88. The van der Waals surface area contributed by atoms with Gasteiger partial charge in [-0.3, -0.25) is 10.2 Å². The van der Waals surface area contributed by atoms with Crippen LogP contribution in [0.2, 0.25) is 0 Å². The van der Waals surface area contributed by atoms with Crippen LogP contribution in [-0.4, -0.2) is 34.7 Å². The maximum atomic E-state index is 11.6. The first-order chi connectivity index (χ1) is 8.92. The molecule has 0 bridgehead atoms. The van der Waals surface area contributed by atoms with Crippen molar-refractivity contribution in [3.05, 3.63) is 11.1 Å². The molecule has 1 saturated heterocycles. The number of thiazole rings is 1. The highest BCUT2D eigenvalue weighted by atomic mass is 32.1. The van der Waals surface area contributed by atoms with E-state index in [0.717, 1.165) is 19.6 Å². The van der Waals surface area contributed by atoms with E-state index in [9.17, 15) is 4.79 Å². The number of carbonyl (C=O) groups excluding carboxylic acids is 1. The highest BCUT2D eigenvalue weighted by Gasteiger charge is 2.18. The molecule has 1 amide bonds. The van der Waals surface area contributed by atoms with E-state index in [4.69, 9.17) is 4.74 Å². The zero-order valence-electron chi connectivity index (χ0n) is 11.7. The topological polar surface area (TPSA) is 54.5 Å². The van der Waals surface area contributed by atoms with Crippen molar-refractivity contribution >= 4 is 22.6 Å². The Morgan fingerprint density at radius 1 is 1.47 bits per heavy atom. The van der Waals surface area contributed by atoms with Gasteiger partial charge in [0.15, 0.2) is 5.13 Å². The number of nitrogens with zero attached hydrogens (tertiary/aromatic N) is 2. The second-order valence-corrected chi connectivity index (χ2v) is 6.86. The standard InChI is InChI=1S/C13H21N3O2S/c1-13(2,3)18-12(17)15-11-14-8-10(19-11)9-16-6-4-5-7-16/h8H,4-7,9H2,1-3H3,(H,14,15,17). The van der Waals surface area contributed by atoms with Crippen molar-refractivity contribution in [1.82, 2.24) is 9.88 Å². The molecule has 2 heterocycles. The molecule has 1 N–H and O–H groups in total. The summed E-state index contributed by atoms with van der Waals surface area (Å²) >= 11 is 1.51. The van der Waals surface area contributed by atoms with E-state index in [1.807, 2.05) is 27.0 Å². The van der Waals surface area contributed by atoms with Crippen molar-refractivity contribution in [2.45, 2.75) is 45.8 Å². The fourth-order valence-electron chi connectivity index (χ4n) is 1.99. The lowest BCUT2D eigenvalue weighted by atomic mass is 10.2. The Bertz CT molecular complexity index is 433. The number of hydrogen-bond acceptors (Lipinski definition) is 5. The quantitative estimate of drug-likeness (QED) is 0.926. The molecule has 2 rings (SSSR count). The van der Waals surface area contributed by atoms with Gasteiger partial charge >= 0.3 is 6.09 Å². The van der Waals surface area contributed by atoms with E-state index in [-0.39, 0.29) is 0 Å². The molecule has 0 unspecified atom stereocenters. The molecule has 1 aromatic rings. The molecule has 1 aliphatic heterocycles. The van der Waals surface area contributed by atoms with Gasteiger partial charge < -0.3 is 4.74 Å². The van der Waals surface area contributed by atoms with Crippen molar-refractivity contribution in [1.29, 1.82) is 0 Å². The molecule has 106 valence electrons. The van der Waals surface area contributed by atoms with Gasteiger partial charge in [0, 0.05) is 17.6 Å². The fraction of sp³-hybridized carbons (Fsp3) is 0.692. The second-order valence-electron chi connectivity index (χ2n) is 5.74. The van der Waals surface area contributed by atoms with E-state index < -0.39 is 11.7 Å². The van der Waals surface area contributed by atoms with Crippen LogP contribution in [0.25, 0.3) is 0 Å². The maximum absolute atomic E-state index is 11.6. The van der Waals surface area contributed by atoms with Crippen LogP contribution in [-0.2, 0) is 11.3 Å². The SMILES string of the molecule is CC(C)(C)OC(=O)Nc1ncc(CN2CCCC2)s1. The van der Waals surface area contributed by atoms with Crippen LogP contribution in [0.15, 0.2) is 6.20 Å². The summed E-state index contributed by atoms with van der Waals surface area (Å²) in [5, 5.41) is 3.27. The van der Waals surface area contributed by atoms with Crippen molar-refractivity contribution in [3.8, 4) is 0 Å². The van der Waals surface area contributed by atoms with Crippen molar-refractivity contribution in [3.63, 3.8) is 0 Å². The van der Waals surface area contributed by atoms with Gasteiger partial charge in [0.1, 0.15) is 5.60 Å². The predicted molar refractivity (Wildman–Crippen MR) is 76.5 cm³/mol. The first kappa shape index (κ1) is 14.3. The fourth-order valence-corrected chi connectivity index (χ4v) is 2.83. The Hall–Kier alpha value is -1.14. The van der Waals surface area contributed by atoms with Crippen LogP contribution in [0.5, 0.6) is 0 Å². The lowest BCUT2D eigenvalue weighted by Gasteiger charge is -2.18. The number of rotatable bonds is 3. The van der Waals surface area contributed by atoms with Gasteiger partial charge in [-0.1, -0.05) is 0 Å². The average molecular weight is 283 g/mol. The number of likely N-dealkylation sites (tertiary alicyclic amines) is 1. The maximum Gasteiger partial charge on any atom is 0.413 e. The third-order valence-electron chi connectivity index (χ3n) is 2.74. The molecule has 0 atom stereocenters. The minimum Gasteiger partial charge on any atom is -0.444 e. The first-order valence-corrected chi connectivity index (χ1v) is 7.41. The highest BCUT2D eigenvalue weighted by molar-refractivity contribution is 7.15. The number of ether oxygens (including phenoxy) is 1. The predicted octanol–water partition coefficient (Wildman–Crippen LogP) is 3.09. The van der Waals surface area contributed by atoms with Crippen molar-refractivity contribution in [2.24, 2.45) is 0 Å². The normalized spacial score (nSPS) is 16.6. The Morgan fingerprint density at radius 2 is 2.16 bits per heavy atom. The van der Waals surface area contributed by atoms with Crippen LogP contribution in [0.3, 0.4) is 0 Å². The summed E-state index contributed by atoms with van der Waals surface area (Å²) in [5.41, 5.74) is -0.486. The Kier molecular flexibility index (Phi) is 4.42. The molecule has 1 aliphatic rings. The van der Waals surface area contributed by atoms with E-state index in [0.29, 0.717) is 5.13 Å². The van der Waals surface area contributed by atoms with Gasteiger partial charge in [-0.15, -0.1) is 11.3 Å². The molecule has 1 aromatic heterocycles. The molecule has 0 spiro atoms. The smallest absolute Gasteiger partial charge is 0.413 e. The highest BCUT2D eigenvalue weighted by Crippen LogP contribution is 2.22. The summed E-state index contributed by atoms with van der Waals surface area (Å²) < 4.78 is 5.19. The number of amides is 1. The van der Waals surface area contributed by atoms with Gasteiger partial charge in [-0.25, -0.2) is 9.78 Å².